The number of nitrogens with zero attached hydrogens (tertiary/aromatic N) is 1. The smallest absolute Gasteiger partial charge is 0.241 e. The van der Waals surface area contributed by atoms with Crippen LogP contribution in [-0.4, -0.2) is 26.0 Å². The molecular weight excluding hydrogens is 214 g/mol. The number of carbonyl (C=O) groups is 1. The van der Waals surface area contributed by atoms with Crippen molar-refractivity contribution in [3.63, 3.8) is 0 Å². The van der Waals surface area contributed by atoms with Crippen LogP contribution < -0.4 is 16.0 Å². The molecule has 17 heavy (non-hydrogen) atoms. The second-order valence-electron chi connectivity index (χ2n) is 4.70. The molecule has 4 nitrogen and oxygen atoms in total. The molecule has 1 amide bonds. The lowest BCUT2D eigenvalue weighted by atomic mass is 10.0. The molecule has 0 saturated heterocycles. The minimum absolute atomic E-state index is 0.135. The highest BCUT2D eigenvalue weighted by Crippen LogP contribution is 2.16. The summed E-state index contributed by atoms with van der Waals surface area (Å²) < 4.78 is 0. The molecule has 0 spiro atoms. The van der Waals surface area contributed by atoms with Gasteiger partial charge in [0.05, 0.1) is 6.04 Å². The van der Waals surface area contributed by atoms with E-state index in [2.05, 4.69) is 5.32 Å². The first-order valence-corrected chi connectivity index (χ1v) is 5.75. The van der Waals surface area contributed by atoms with Crippen LogP contribution in [0.3, 0.4) is 0 Å². The molecule has 0 aliphatic carbocycles. The third-order valence-corrected chi connectivity index (χ3v) is 2.67. The summed E-state index contributed by atoms with van der Waals surface area (Å²) in [5, 5.41) is 2.81. The largest absolute Gasteiger partial charge is 0.378 e. The summed E-state index contributed by atoms with van der Waals surface area (Å²) in [7, 11) is 3.95. The summed E-state index contributed by atoms with van der Waals surface area (Å²) in [6, 6.07) is 7.19. The van der Waals surface area contributed by atoms with Crippen LogP contribution >= 0.6 is 0 Å². The summed E-state index contributed by atoms with van der Waals surface area (Å²) in [5.74, 6) is -0.00588. The number of rotatable bonds is 4. The zero-order valence-corrected chi connectivity index (χ0v) is 10.9. The van der Waals surface area contributed by atoms with Gasteiger partial charge in [0, 0.05) is 25.5 Å². The van der Waals surface area contributed by atoms with E-state index in [1.54, 1.807) is 0 Å². The first-order chi connectivity index (χ1) is 7.91. The minimum Gasteiger partial charge on any atom is -0.378 e. The second-order valence-corrected chi connectivity index (χ2v) is 4.70. The Kier molecular flexibility index (Phi) is 4.52. The number of amides is 1. The fraction of sp³-hybridized carbons (Fsp3) is 0.462. The lowest BCUT2D eigenvalue weighted by molar-refractivity contribution is -0.118. The maximum absolute atomic E-state index is 11.7. The molecule has 0 aliphatic rings. The quantitative estimate of drug-likeness (QED) is 0.834. The van der Waals surface area contributed by atoms with E-state index in [1.165, 1.54) is 0 Å². The van der Waals surface area contributed by atoms with E-state index >= 15 is 0 Å². The van der Waals surface area contributed by atoms with E-state index in [9.17, 15) is 4.79 Å². The Morgan fingerprint density at radius 1 is 1.24 bits per heavy atom. The van der Waals surface area contributed by atoms with Crippen LogP contribution in [0.4, 0.5) is 11.4 Å². The Bertz CT molecular complexity index is 371. The molecule has 1 aromatic rings. The van der Waals surface area contributed by atoms with Crippen molar-refractivity contribution in [3.05, 3.63) is 24.3 Å². The van der Waals surface area contributed by atoms with Crippen molar-refractivity contribution in [1.29, 1.82) is 0 Å². The highest BCUT2D eigenvalue weighted by atomic mass is 16.2. The van der Waals surface area contributed by atoms with E-state index in [-0.39, 0.29) is 11.8 Å². The van der Waals surface area contributed by atoms with E-state index < -0.39 is 6.04 Å². The Balaban J connectivity index is 2.66. The highest BCUT2D eigenvalue weighted by molar-refractivity contribution is 5.94. The predicted molar refractivity (Wildman–Crippen MR) is 72.2 cm³/mol. The fourth-order valence-electron chi connectivity index (χ4n) is 1.37. The monoisotopic (exact) mass is 235 g/mol. The molecule has 0 bridgehead atoms. The number of benzene rings is 1. The zero-order chi connectivity index (χ0) is 13.0. The number of anilines is 2. The maximum atomic E-state index is 11.7. The van der Waals surface area contributed by atoms with Crippen LogP contribution in [0.5, 0.6) is 0 Å². The molecule has 3 N–H and O–H groups in total. The Morgan fingerprint density at radius 2 is 1.76 bits per heavy atom. The summed E-state index contributed by atoms with van der Waals surface area (Å²) in [6.07, 6.45) is 0. The van der Waals surface area contributed by atoms with Gasteiger partial charge in [-0.3, -0.25) is 4.79 Å². The lowest BCUT2D eigenvalue weighted by Crippen LogP contribution is -2.39. The number of carbonyl (C=O) groups excluding carboxylic acids is 1. The van der Waals surface area contributed by atoms with E-state index in [0.717, 1.165) is 11.4 Å². The molecule has 0 unspecified atom stereocenters. The normalized spacial score (nSPS) is 12.4. The average Bonchev–Trinajstić information content (AvgIpc) is 2.28. The van der Waals surface area contributed by atoms with Gasteiger partial charge in [0.2, 0.25) is 5.91 Å². The third-order valence-electron chi connectivity index (χ3n) is 2.67. The average molecular weight is 235 g/mol. The van der Waals surface area contributed by atoms with Gasteiger partial charge in [0.15, 0.2) is 0 Å². The molecule has 0 fully saturated rings. The van der Waals surface area contributed by atoms with Crippen molar-refractivity contribution >= 4 is 17.3 Å². The Labute approximate surface area is 103 Å². The van der Waals surface area contributed by atoms with Gasteiger partial charge in [-0.05, 0) is 30.2 Å². The minimum atomic E-state index is -0.469. The van der Waals surface area contributed by atoms with Gasteiger partial charge in [0.1, 0.15) is 0 Å². The number of nitrogens with two attached hydrogens (primary N) is 1. The molecule has 0 saturated carbocycles. The summed E-state index contributed by atoms with van der Waals surface area (Å²) in [5.41, 5.74) is 7.63. The van der Waals surface area contributed by atoms with Gasteiger partial charge >= 0.3 is 0 Å². The molecule has 1 rings (SSSR count). The van der Waals surface area contributed by atoms with E-state index in [4.69, 9.17) is 5.73 Å². The van der Waals surface area contributed by atoms with E-state index in [0.29, 0.717) is 0 Å². The van der Waals surface area contributed by atoms with Crippen LogP contribution in [0, 0.1) is 5.92 Å². The fourth-order valence-corrected chi connectivity index (χ4v) is 1.37. The number of hydrogen-bond donors (Lipinski definition) is 2. The lowest BCUT2D eigenvalue weighted by Gasteiger charge is -2.16. The van der Waals surface area contributed by atoms with Gasteiger partial charge in [-0.25, -0.2) is 0 Å². The van der Waals surface area contributed by atoms with Crippen molar-refractivity contribution in [2.24, 2.45) is 11.7 Å². The molecular formula is C13H21N3O. The zero-order valence-electron chi connectivity index (χ0n) is 10.9. The van der Waals surface area contributed by atoms with Crippen LogP contribution in [0.15, 0.2) is 24.3 Å². The first kappa shape index (κ1) is 13.5. The third kappa shape index (κ3) is 3.75. The van der Waals surface area contributed by atoms with Crippen LogP contribution in [-0.2, 0) is 4.79 Å². The molecule has 0 aliphatic heterocycles. The molecule has 4 heteroatoms. The van der Waals surface area contributed by atoms with Gasteiger partial charge in [-0.2, -0.15) is 0 Å². The molecule has 0 radical (unpaired) electrons. The predicted octanol–water partition coefficient (Wildman–Crippen LogP) is 1.67. The summed E-state index contributed by atoms with van der Waals surface area (Å²) in [6.45, 7) is 3.86. The van der Waals surface area contributed by atoms with Crippen molar-refractivity contribution in [3.8, 4) is 0 Å². The number of hydrogen-bond acceptors (Lipinski definition) is 3. The first-order valence-electron chi connectivity index (χ1n) is 5.75. The van der Waals surface area contributed by atoms with Crippen LogP contribution in [0.25, 0.3) is 0 Å². The standard InChI is InChI=1S/C13H21N3O/c1-9(2)12(14)13(17)15-10-5-7-11(8-6-10)16(3)4/h5-9,12H,14H2,1-4H3,(H,15,17)/t12-/m1/s1. The highest BCUT2D eigenvalue weighted by Gasteiger charge is 2.16. The molecule has 0 heterocycles. The van der Waals surface area contributed by atoms with Crippen LogP contribution in [0.2, 0.25) is 0 Å². The maximum Gasteiger partial charge on any atom is 0.241 e. The van der Waals surface area contributed by atoms with Gasteiger partial charge in [0.25, 0.3) is 0 Å². The molecule has 1 atom stereocenters. The SMILES string of the molecule is CC(C)[C@@H](N)C(=O)Nc1ccc(N(C)C)cc1. The Morgan fingerprint density at radius 3 is 2.18 bits per heavy atom. The molecule has 0 aromatic heterocycles. The van der Waals surface area contributed by atoms with Crippen molar-refractivity contribution in [1.82, 2.24) is 0 Å². The van der Waals surface area contributed by atoms with Gasteiger partial charge < -0.3 is 16.0 Å². The summed E-state index contributed by atoms with van der Waals surface area (Å²) in [4.78, 5) is 13.7. The van der Waals surface area contributed by atoms with Gasteiger partial charge in [-0.15, -0.1) is 0 Å². The van der Waals surface area contributed by atoms with E-state index in [1.807, 2.05) is 57.1 Å². The van der Waals surface area contributed by atoms with Gasteiger partial charge in [-0.1, -0.05) is 13.8 Å². The second kappa shape index (κ2) is 5.68. The number of nitrogens with one attached hydrogen (secondary N) is 1. The van der Waals surface area contributed by atoms with Crippen molar-refractivity contribution < 1.29 is 4.79 Å². The Hall–Kier alpha value is -1.55. The van der Waals surface area contributed by atoms with Crippen LogP contribution in [0.1, 0.15) is 13.8 Å². The van der Waals surface area contributed by atoms with Crippen molar-refractivity contribution in [2.75, 3.05) is 24.3 Å². The molecule has 1 aromatic carbocycles. The summed E-state index contributed by atoms with van der Waals surface area (Å²) >= 11 is 0. The molecule has 94 valence electrons. The van der Waals surface area contributed by atoms with Crippen molar-refractivity contribution in [2.45, 2.75) is 19.9 Å². The topological polar surface area (TPSA) is 58.4 Å².